The normalized spacial score (nSPS) is 14.9. The maximum absolute atomic E-state index is 11.5. The number of hydrogen-bond acceptors (Lipinski definition) is 4. The second kappa shape index (κ2) is 2.50. The van der Waals surface area contributed by atoms with E-state index in [4.69, 9.17) is 0 Å². The van der Waals surface area contributed by atoms with Crippen molar-refractivity contribution in [2.24, 2.45) is 0 Å². The number of hydrogen-bond donors (Lipinski definition) is 2. The number of aromatic nitrogens is 4. The van der Waals surface area contributed by atoms with Gasteiger partial charge in [-0.3, -0.25) is 14.8 Å². The van der Waals surface area contributed by atoms with E-state index < -0.39 is 5.69 Å². The third-order valence-corrected chi connectivity index (χ3v) is 3.11. The van der Waals surface area contributed by atoms with Crippen molar-refractivity contribution in [2.75, 3.05) is 5.75 Å². The number of fused-ring (bicyclic) bond motifs is 3. The minimum Gasteiger partial charge on any atom is -0.312 e. The van der Waals surface area contributed by atoms with Gasteiger partial charge in [0.15, 0.2) is 16.3 Å². The maximum atomic E-state index is 11.5. The standard InChI is InChI=1S/C7H6N4O2S/c12-5-3-4(8-6(13)10-5)9-7-11(3)1-2-14-7/h1-2H2,(H2,8,10,12,13). The Hall–Kier alpha value is -1.50. The SMILES string of the molecule is O=c1[nH]c(=O)c2c(nc3n2CCS3)[nH]1. The molecule has 72 valence electrons. The van der Waals surface area contributed by atoms with E-state index >= 15 is 0 Å². The quantitative estimate of drug-likeness (QED) is 0.615. The molecular formula is C7H6N4O2S. The molecule has 0 spiro atoms. The number of aromatic amines is 2. The van der Waals surface area contributed by atoms with Crippen LogP contribution in [0.3, 0.4) is 0 Å². The number of imidazole rings is 1. The van der Waals surface area contributed by atoms with Crippen LogP contribution in [-0.2, 0) is 6.54 Å². The van der Waals surface area contributed by atoms with Gasteiger partial charge >= 0.3 is 5.69 Å². The Kier molecular flexibility index (Phi) is 1.41. The van der Waals surface area contributed by atoms with E-state index in [1.807, 2.05) is 4.57 Å². The van der Waals surface area contributed by atoms with Gasteiger partial charge in [0.2, 0.25) is 0 Å². The summed E-state index contributed by atoms with van der Waals surface area (Å²) in [6.45, 7) is 0.769. The van der Waals surface area contributed by atoms with E-state index in [1.165, 1.54) is 0 Å². The van der Waals surface area contributed by atoms with Gasteiger partial charge in [0, 0.05) is 12.3 Å². The van der Waals surface area contributed by atoms with Gasteiger partial charge in [-0.25, -0.2) is 9.78 Å². The zero-order valence-corrected chi connectivity index (χ0v) is 7.85. The highest BCUT2D eigenvalue weighted by Gasteiger charge is 2.19. The average Bonchev–Trinajstić information content (AvgIpc) is 2.60. The van der Waals surface area contributed by atoms with E-state index in [-0.39, 0.29) is 5.56 Å². The molecule has 14 heavy (non-hydrogen) atoms. The minimum absolute atomic E-state index is 0.370. The zero-order chi connectivity index (χ0) is 9.71. The highest BCUT2D eigenvalue weighted by Crippen LogP contribution is 2.26. The largest absolute Gasteiger partial charge is 0.327 e. The number of thioether (sulfide) groups is 1. The molecule has 2 N–H and O–H groups in total. The predicted octanol–water partition coefficient (Wildman–Crippen LogP) is -0.481. The molecule has 0 saturated carbocycles. The first-order valence-electron chi connectivity index (χ1n) is 4.11. The minimum atomic E-state index is -0.510. The lowest BCUT2D eigenvalue weighted by Gasteiger charge is -1.93. The number of H-pyrrole nitrogens is 2. The molecule has 0 unspecified atom stereocenters. The second-order valence-corrected chi connectivity index (χ2v) is 4.06. The lowest BCUT2D eigenvalue weighted by molar-refractivity contribution is 0.740. The van der Waals surface area contributed by atoms with Crippen molar-refractivity contribution in [2.45, 2.75) is 11.7 Å². The summed E-state index contributed by atoms with van der Waals surface area (Å²) in [5, 5.41) is 0.798. The molecule has 0 fully saturated rings. The first kappa shape index (κ1) is 7.86. The fraction of sp³-hybridized carbons (Fsp3) is 0.286. The molecule has 0 saturated heterocycles. The fourth-order valence-corrected chi connectivity index (χ4v) is 2.55. The van der Waals surface area contributed by atoms with E-state index in [0.29, 0.717) is 11.2 Å². The molecular weight excluding hydrogens is 204 g/mol. The number of aryl methyl sites for hydroxylation is 1. The smallest absolute Gasteiger partial charge is 0.312 e. The first-order valence-corrected chi connectivity index (χ1v) is 5.10. The van der Waals surface area contributed by atoms with Crippen LogP contribution in [0, 0.1) is 0 Å². The highest BCUT2D eigenvalue weighted by atomic mass is 32.2. The Morgan fingerprint density at radius 3 is 3.07 bits per heavy atom. The van der Waals surface area contributed by atoms with Gasteiger partial charge in [0.05, 0.1) is 0 Å². The fourth-order valence-electron chi connectivity index (χ4n) is 1.60. The van der Waals surface area contributed by atoms with E-state index in [2.05, 4.69) is 15.0 Å². The van der Waals surface area contributed by atoms with Crippen molar-refractivity contribution in [3.05, 3.63) is 20.8 Å². The van der Waals surface area contributed by atoms with Crippen LogP contribution in [0.2, 0.25) is 0 Å². The second-order valence-electron chi connectivity index (χ2n) is 3.00. The third-order valence-electron chi connectivity index (χ3n) is 2.15. The van der Waals surface area contributed by atoms with E-state index in [1.54, 1.807) is 11.8 Å². The van der Waals surface area contributed by atoms with Crippen LogP contribution in [-0.4, -0.2) is 25.3 Å². The van der Waals surface area contributed by atoms with Crippen LogP contribution in [0.4, 0.5) is 0 Å². The van der Waals surface area contributed by atoms with Crippen molar-refractivity contribution in [3.63, 3.8) is 0 Å². The van der Waals surface area contributed by atoms with Crippen LogP contribution in [0.15, 0.2) is 14.7 Å². The molecule has 0 amide bonds. The Morgan fingerprint density at radius 2 is 2.21 bits per heavy atom. The van der Waals surface area contributed by atoms with Gasteiger partial charge in [-0.05, 0) is 0 Å². The van der Waals surface area contributed by atoms with Crippen molar-refractivity contribution >= 4 is 22.9 Å². The molecule has 3 rings (SSSR count). The number of nitrogens with one attached hydrogen (secondary N) is 2. The molecule has 3 heterocycles. The molecule has 0 bridgehead atoms. The highest BCUT2D eigenvalue weighted by molar-refractivity contribution is 7.99. The molecule has 1 aliphatic heterocycles. The van der Waals surface area contributed by atoms with Gasteiger partial charge in [-0.15, -0.1) is 0 Å². The maximum Gasteiger partial charge on any atom is 0.327 e. The van der Waals surface area contributed by atoms with Gasteiger partial charge in [-0.2, -0.15) is 0 Å². The molecule has 2 aromatic heterocycles. The summed E-state index contributed by atoms with van der Waals surface area (Å²) >= 11 is 1.59. The lowest BCUT2D eigenvalue weighted by atomic mass is 10.5. The molecule has 0 radical (unpaired) electrons. The Bertz CT molecular complexity index is 623. The van der Waals surface area contributed by atoms with Gasteiger partial charge in [-0.1, -0.05) is 11.8 Å². The summed E-state index contributed by atoms with van der Waals surface area (Å²) in [7, 11) is 0. The predicted molar refractivity (Wildman–Crippen MR) is 51.7 cm³/mol. The van der Waals surface area contributed by atoms with Crippen molar-refractivity contribution in [1.82, 2.24) is 19.5 Å². The average molecular weight is 210 g/mol. The Morgan fingerprint density at radius 1 is 1.36 bits per heavy atom. The molecule has 6 nitrogen and oxygen atoms in total. The molecule has 1 aliphatic rings. The zero-order valence-electron chi connectivity index (χ0n) is 7.03. The van der Waals surface area contributed by atoms with Crippen LogP contribution in [0.5, 0.6) is 0 Å². The Balaban J connectivity index is 2.56. The van der Waals surface area contributed by atoms with Gasteiger partial charge < -0.3 is 4.57 Å². The monoisotopic (exact) mass is 210 g/mol. The number of rotatable bonds is 0. The van der Waals surface area contributed by atoms with Crippen molar-refractivity contribution < 1.29 is 0 Å². The summed E-state index contributed by atoms with van der Waals surface area (Å²) in [6.07, 6.45) is 0. The summed E-state index contributed by atoms with van der Waals surface area (Å²) in [6, 6.07) is 0. The molecule has 0 aromatic carbocycles. The first-order chi connectivity index (χ1) is 6.75. The van der Waals surface area contributed by atoms with Crippen LogP contribution in [0.1, 0.15) is 0 Å². The Labute approximate surface area is 81.4 Å². The van der Waals surface area contributed by atoms with Crippen LogP contribution in [0.25, 0.3) is 11.2 Å². The molecule has 0 atom stereocenters. The van der Waals surface area contributed by atoms with E-state index in [9.17, 15) is 9.59 Å². The summed E-state index contributed by atoms with van der Waals surface area (Å²) < 4.78 is 1.83. The van der Waals surface area contributed by atoms with E-state index in [0.717, 1.165) is 17.5 Å². The van der Waals surface area contributed by atoms with Crippen molar-refractivity contribution in [3.8, 4) is 0 Å². The molecule has 0 aliphatic carbocycles. The number of nitrogens with zero attached hydrogens (tertiary/aromatic N) is 2. The van der Waals surface area contributed by atoms with Crippen LogP contribution < -0.4 is 11.2 Å². The third kappa shape index (κ3) is 0.897. The lowest BCUT2D eigenvalue weighted by Crippen LogP contribution is -2.23. The van der Waals surface area contributed by atoms with Crippen LogP contribution >= 0.6 is 11.8 Å². The van der Waals surface area contributed by atoms with Gasteiger partial charge in [0.1, 0.15) is 0 Å². The van der Waals surface area contributed by atoms with Crippen molar-refractivity contribution in [1.29, 1.82) is 0 Å². The van der Waals surface area contributed by atoms with Gasteiger partial charge in [0.25, 0.3) is 5.56 Å². The molecule has 7 heteroatoms. The molecule has 2 aromatic rings. The topological polar surface area (TPSA) is 83.5 Å². The summed E-state index contributed by atoms with van der Waals surface area (Å²) in [4.78, 5) is 31.3. The summed E-state index contributed by atoms with van der Waals surface area (Å²) in [5.41, 5.74) is -0.0418. The summed E-state index contributed by atoms with van der Waals surface area (Å²) in [5.74, 6) is 0.927.